The molecule has 1 aromatic carbocycles. The van der Waals surface area contributed by atoms with Gasteiger partial charge in [-0.15, -0.1) is 0 Å². The van der Waals surface area contributed by atoms with Gasteiger partial charge in [-0.2, -0.15) is 0 Å². The van der Waals surface area contributed by atoms with Crippen LogP contribution in [0, 0.1) is 0 Å². The van der Waals surface area contributed by atoms with Gasteiger partial charge in [-0.25, -0.2) is 0 Å². The maximum Gasteiger partial charge on any atom is 0.261 e. The zero-order chi connectivity index (χ0) is 15.4. The molecule has 0 saturated heterocycles. The Balaban J connectivity index is 2.13. The molecule has 4 heteroatoms. The fourth-order valence-electron chi connectivity index (χ4n) is 2.19. The second-order valence-electron chi connectivity index (χ2n) is 4.59. The highest BCUT2D eigenvalue weighted by Gasteiger charge is 2.34. The first-order valence-corrected chi connectivity index (χ1v) is 6.73. The summed E-state index contributed by atoms with van der Waals surface area (Å²) in [5, 5.41) is 9.65. The van der Waals surface area contributed by atoms with Crippen molar-refractivity contribution in [3.63, 3.8) is 0 Å². The zero-order valence-electron chi connectivity index (χ0n) is 12.0. The van der Waals surface area contributed by atoms with E-state index in [-0.39, 0.29) is 24.1 Å². The van der Waals surface area contributed by atoms with E-state index in [1.54, 1.807) is 62.4 Å². The molecule has 0 atom stereocenters. The van der Waals surface area contributed by atoms with E-state index in [0.29, 0.717) is 16.7 Å². The molecule has 0 fully saturated rings. The van der Waals surface area contributed by atoms with Gasteiger partial charge in [-0.3, -0.25) is 14.5 Å². The third-order valence-electron chi connectivity index (χ3n) is 3.34. The van der Waals surface area contributed by atoms with Crippen molar-refractivity contribution in [2.24, 2.45) is 0 Å². The summed E-state index contributed by atoms with van der Waals surface area (Å²) < 4.78 is 0. The Morgan fingerprint density at radius 2 is 1.67 bits per heavy atom. The highest BCUT2D eigenvalue weighted by Crippen LogP contribution is 2.22. The molecule has 1 N–H and O–H groups in total. The van der Waals surface area contributed by atoms with Crippen LogP contribution in [-0.2, 0) is 0 Å². The predicted molar refractivity (Wildman–Crippen MR) is 81.1 cm³/mol. The monoisotopic (exact) mass is 283 g/mol. The number of nitrogens with zero attached hydrogens (tertiary/aromatic N) is 1. The van der Waals surface area contributed by atoms with Crippen LogP contribution in [0.1, 0.15) is 34.6 Å². The molecule has 0 radical (unpaired) electrons. The van der Waals surface area contributed by atoms with E-state index in [0.717, 1.165) is 0 Å². The topological polar surface area (TPSA) is 57.6 Å². The third-order valence-corrected chi connectivity index (χ3v) is 3.34. The number of aliphatic hydroxyl groups excluding tert-OH is 1. The Morgan fingerprint density at radius 1 is 1.10 bits per heavy atom. The van der Waals surface area contributed by atoms with Crippen LogP contribution in [0.15, 0.2) is 59.9 Å². The van der Waals surface area contributed by atoms with Gasteiger partial charge in [0.05, 0.1) is 11.1 Å². The van der Waals surface area contributed by atoms with Crippen LogP contribution < -0.4 is 0 Å². The van der Waals surface area contributed by atoms with E-state index in [9.17, 15) is 14.7 Å². The average Bonchev–Trinajstić information content (AvgIpc) is 2.76. The molecule has 1 aliphatic rings. The molecule has 0 unspecified atom stereocenters. The maximum absolute atomic E-state index is 12.1. The number of carbonyl (C=O) groups excluding carboxylic acids is 2. The summed E-state index contributed by atoms with van der Waals surface area (Å²) in [6.07, 6.45) is 6.73. The lowest BCUT2D eigenvalue weighted by Crippen LogP contribution is -2.29. The quantitative estimate of drug-likeness (QED) is 0.524. The summed E-state index contributed by atoms with van der Waals surface area (Å²) in [5.74, 6) is -0.397. The van der Waals surface area contributed by atoms with Crippen molar-refractivity contribution < 1.29 is 14.7 Å². The molecular weight excluding hydrogens is 266 g/mol. The number of allylic oxidation sites excluding steroid dienone is 3. The molecule has 1 aliphatic heterocycles. The molecule has 2 rings (SSSR count). The minimum atomic E-state index is -0.280. The van der Waals surface area contributed by atoms with Gasteiger partial charge in [0.2, 0.25) is 0 Å². The largest absolute Gasteiger partial charge is 0.508 e. The molecule has 0 bridgehead atoms. The van der Waals surface area contributed by atoms with E-state index in [2.05, 4.69) is 0 Å². The Labute approximate surface area is 123 Å². The SMILES string of the molecule is C/C=C(/C=C/CN1C(=O)c2ccccc2C1=O)C(\O)=C/C. The van der Waals surface area contributed by atoms with E-state index in [4.69, 9.17) is 0 Å². The van der Waals surface area contributed by atoms with Crippen LogP contribution in [0.3, 0.4) is 0 Å². The number of hydrogen-bond acceptors (Lipinski definition) is 3. The van der Waals surface area contributed by atoms with Crippen molar-refractivity contribution >= 4 is 11.8 Å². The van der Waals surface area contributed by atoms with Crippen molar-refractivity contribution in [3.05, 3.63) is 71.0 Å². The molecule has 108 valence electrons. The summed E-state index contributed by atoms with van der Waals surface area (Å²) in [6.45, 7) is 3.72. The normalized spacial score (nSPS) is 16.0. The Kier molecular flexibility index (Phi) is 4.38. The van der Waals surface area contributed by atoms with Gasteiger partial charge in [0.15, 0.2) is 0 Å². The van der Waals surface area contributed by atoms with Crippen LogP contribution in [-0.4, -0.2) is 28.4 Å². The minimum absolute atomic E-state index is 0.163. The van der Waals surface area contributed by atoms with Crippen LogP contribution in [0.5, 0.6) is 0 Å². The highest BCUT2D eigenvalue weighted by molar-refractivity contribution is 6.21. The Morgan fingerprint density at radius 3 is 2.14 bits per heavy atom. The number of rotatable bonds is 4. The van der Waals surface area contributed by atoms with Crippen molar-refractivity contribution in [1.82, 2.24) is 4.90 Å². The number of amides is 2. The summed E-state index contributed by atoms with van der Waals surface area (Å²) in [5.41, 5.74) is 1.53. The fourth-order valence-corrected chi connectivity index (χ4v) is 2.19. The third kappa shape index (κ3) is 2.79. The number of carbonyl (C=O) groups is 2. The van der Waals surface area contributed by atoms with Crippen molar-refractivity contribution in [2.75, 3.05) is 6.54 Å². The van der Waals surface area contributed by atoms with Crippen molar-refractivity contribution in [1.29, 1.82) is 0 Å². The van der Waals surface area contributed by atoms with Crippen LogP contribution in [0.4, 0.5) is 0 Å². The first kappa shape index (κ1) is 14.8. The highest BCUT2D eigenvalue weighted by atomic mass is 16.3. The number of hydrogen-bond donors (Lipinski definition) is 1. The number of imide groups is 1. The molecule has 1 aromatic rings. The molecule has 0 saturated carbocycles. The van der Waals surface area contributed by atoms with E-state index < -0.39 is 0 Å². The van der Waals surface area contributed by atoms with Crippen LogP contribution in [0.2, 0.25) is 0 Å². The molecule has 4 nitrogen and oxygen atoms in total. The zero-order valence-corrected chi connectivity index (χ0v) is 12.0. The van der Waals surface area contributed by atoms with Crippen LogP contribution >= 0.6 is 0 Å². The molecule has 0 spiro atoms. The summed E-state index contributed by atoms with van der Waals surface area (Å²) in [7, 11) is 0. The summed E-state index contributed by atoms with van der Waals surface area (Å²) >= 11 is 0. The first-order valence-electron chi connectivity index (χ1n) is 6.73. The molecule has 0 aliphatic carbocycles. The Bertz CT molecular complexity index is 633. The summed E-state index contributed by atoms with van der Waals surface area (Å²) in [4.78, 5) is 25.5. The van der Waals surface area contributed by atoms with Gasteiger partial charge in [-0.1, -0.05) is 30.4 Å². The molecule has 1 heterocycles. The first-order chi connectivity index (χ1) is 10.1. The molecule has 21 heavy (non-hydrogen) atoms. The molecule has 0 aromatic heterocycles. The predicted octanol–water partition coefficient (Wildman–Crippen LogP) is 3.25. The molecule has 2 amide bonds. The lowest BCUT2D eigenvalue weighted by molar-refractivity contribution is 0.0672. The second-order valence-corrected chi connectivity index (χ2v) is 4.59. The lowest BCUT2D eigenvalue weighted by atomic mass is 10.1. The molecular formula is C17H17NO3. The second kappa shape index (κ2) is 6.22. The van der Waals surface area contributed by atoms with Gasteiger partial charge in [0.1, 0.15) is 5.76 Å². The summed E-state index contributed by atoms with van der Waals surface area (Å²) in [6, 6.07) is 6.79. The van der Waals surface area contributed by atoms with Crippen LogP contribution in [0.25, 0.3) is 0 Å². The van der Waals surface area contributed by atoms with E-state index >= 15 is 0 Å². The smallest absolute Gasteiger partial charge is 0.261 e. The van der Waals surface area contributed by atoms with E-state index in [1.165, 1.54) is 4.90 Å². The van der Waals surface area contributed by atoms with Gasteiger partial charge < -0.3 is 5.11 Å². The van der Waals surface area contributed by atoms with Crippen molar-refractivity contribution in [3.8, 4) is 0 Å². The number of aliphatic hydroxyl groups is 1. The van der Waals surface area contributed by atoms with Gasteiger partial charge in [0.25, 0.3) is 11.8 Å². The number of fused-ring (bicyclic) bond motifs is 1. The van der Waals surface area contributed by atoms with Gasteiger partial charge in [-0.05, 0) is 32.1 Å². The Hall–Kier alpha value is -2.62. The minimum Gasteiger partial charge on any atom is -0.508 e. The van der Waals surface area contributed by atoms with Crippen molar-refractivity contribution in [2.45, 2.75) is 13.8 Å². The average molecular weight is 283 g/mol. The standard InChI is InChI=1S/C17H17NO3/c1-3-12(15(19)4-2)8-7-11-18-16(20)13-9-5-6-10-14(13)17(18)21/h3-10,19H,11H2,1-2H3/b8-7+,12-3-,15-4+. The maximum atomic E-state index is 12.1. The lowest BCUT2D eigenvalue weighted by Gasteiger charge is -2.10. The number of benzene rings is 1. The van der Waals surface area contributed by atoms with E-state index in [1.807, 2.05) is 0 Å². The van der Waals surface area contributed by atoms with Gasteiger partial charge >= 0.3 is 0 Å². The fraction of sp³-hybridized carbons (Fsp3) is 0.176. The van der Waals surface area contributed by atoms with Gasteiger partial charge in [0, 0.05) is 12.1 Å².